The number of hydrogen-bond donors (Lipinski definition) is 1. The SMILES string of the molecule is CC1(C)c2cccc([C@H](N[S@](=O)C(C)(C)C)C(C)(C)C)c2Oc2c(P(c3ccccc3)c3ccccc3)cccc21. The molecule has 0 saturated carbocycles. The molecule has 0 fully saturated rings. The highest BCUT2D eigenvalue weighted by molar-refractivity contribution is 7.84. The Morgan fingerprint density at radius 2 is 1.22 bits per heavy atom. The second kappa shape index (κ2) is 11.1. The van der Waals surface area contributed by atoms with E-state index >= 15 is 0 Å². The maximum atomic E-state index is 13.4. The number of para-hydroxylation sites is 2. The summed E-state index contributed by atoms with van der Waals surface area (Å²) < 4.78 is 23.6. The van der Waals surface area contributed by atoms with Gasteiger partial charge in [0.05, 0.1) is 21.8 Å². The third-order valence-electron chi connectivity index (χ3n) is 7.82. The lowest BCUT2D eigenvalue weighted by Crippen LogP contribution is -2.41. The average molecular weight is 584 g/mol. The third-order valence-corrected chi connectivity index (χ3v) is 11.8. The van der Waals surface area contributed by atoms with Crippen LogP contribution >= 0.6 is 7.92 Å². The summed E-state index contributed by atoms with van der Waals surface area (Å²) in [6.45, 7) is 17.2. The zero-order valence-corrected chi connectivity index (χ0v) is 27.2. The molecule has 0 aromatic heterocycles. The van der Waals surface area contributed by atoms with Crippen molar-refractivity contribution in [2.75, 3.05) is 0 Å². The van der Waals surface area contributed by atoms with Crippen LogP contribution in [0.3, 0.4) is 0 Å². The molecule has 5 heteroatoms. The molecule has 214 valence electrons. The summed E-state index contributed by atoms with van der Waals surface area (Å²) >= 11 is 0. The molecule has 2 atom stereocenters. The number of nitrogens with one attached hydrogen (secondary N) is 1. The van der Waals surface area contributed by atoms with E-state index in [2.05, 4.69) is 136 Å². The van der Waals surface area contributed by atoms with Crippen molar-refractivity contribution < 1.29 is 8.95 Å². The fourth-order valence-corrected chi connectivity index (χ4v) is 8.96. The van der Waals surface area contributed by atoms with Crippen molar-refractivity contribution in [1.82, 2.24) is 4.72 Å². The van der Waals surface area contributed by atoms with E-state index in [9.17, 15) is 4.21 Å². The summed E-state index contributed by atoms with van der Waals surface area (Å²) in [6.07, 6.45) is 0. The highest BCUT2D eigenvalue weighted by Crippen LogP contribution is 2.53. The van der Waals surface area contributed by atoms with Crippen molar-refractivity contribution >= 4 is 34.8 Å². The van der Waals surface area contributed by atoms with Crippen LogP contribution in [0.1, 0.15) is 78.1 Å². The first kappa shape index (κ1) is 29.7. The Bertz CT molecular complexity index is 1510. The Balaban J connectivity index is 1.71. The van der Waals surface area contributed by atoms with Crippen LogP contribution in [0.2, 0.25) is 0 Å². The molecule has 1 aliphatic rings. The second-order valence-corrected chi connectivity index (χ2v) is 17.6. The van der Waals surface area contributed by atoms with Crippen LogP contribution in [-0.2, 0) is 16.4 Å². The van der Waals surface area contributed by atoms with E-state index in [1.807, 2.05) is 20.8 Å². The molecule has 0 aliphatic carbocycles. The van der Waals surface area contributed by atoms with Crippen LogP contribution in [-0.4, -0.2) is 8.96 Å². The van der Waals surface area contributed by atoms with Gasteiger partial charge >= 0.3 is 0 Å². The normalized spacial score (nSPS) is 15.9. The van der Waals surface area contributed by atoms with Crippen molar-refractivity contribution in [3.63, 3.8) is 0 Å². The molecule has 0 unspecified atom stereocenters. The fourth-order valence-electron chi connectivity index (χ4n) is 5.51. The van der Waals surface area contributed by atoms with Gasteiger partial charge in [-0.15, -0.1) is 0 Å². The van der Waals surface area contributed by atoms with Crippen LogP contribution in [0.5, 0.6) is 11.5 Å². The van der Waals surface area contributed by atoms with Gasteiger partial charge in [0.25, 0.3) is 0 Å². The van der Waals surface area contributed by atoms with Gasteiger partial charge in [-0.2, -0.15) is 0 Å². The van der Waals surface area contributed by atoms with Crippen LogP contribution in [0, 0.1) is 5.41 Å². The number of benzene rings is 4. The summed E-state index contributed by atoms with van der Waals surface area (Å²) in [5.41, 5.74) is 2.90. The first-order valence-electron chi connectivity index (χ1n) is 14.3. The fraction of sp³-hybridized carbons (Fsp3) is 0.333. The Kier molecular flexibility index (Phi) is 8.07. The minimum Gasteiger partial charge on any atom is -0.456 e. The third kappa shape index (κ3) is 5.80. The van der Waals surface area contributed by atoms with Gasteiger partial charge in [-0.25, -0.2) is 8.93 Å². The molecule has 1 aliphatic heterocycles. The van der Waals surface area contributed by atoms with Crippen LogP contribution < -0.4 is 25.4 Å². The van der Waals surface area contributed by atoms with Crippen molar-refractivity contribution in [3.8, 4) is 11.5 Å². The molecule has 4 aromatic rings. The zero-order chi connectivity index (χ0) is 29.6. The van der Waals surface area contributed by atoms with E-state index < -0.39 is 18.9 Å². The maximum absolute atomic E-state index is 13.4. The van der Waals surface area contributed by atoms with Gasteiger partial charge in [0.15, 0.2) is 0 Å². The van der Waals surface area contributed by atoms with Crippen LogP contribution in [0.4, 0.5) is 0 Å². The van der Waals surface area contributed by atoms with Crippen molar-refractivity contribution in [2.24, 2.45) is 5.41 Å². The van der Waals surface area contributed by atoms with Crippen molar-refractivity contribution in [3.05, 3.63) is 114 Å². The van der Waals surface area contributed by atoms with Crippen LogP contribution in [0.25, 0.3) is 0 Å². The summed E-state index contributed by atoms with van der Waals surface area (Å²) in [6, 6.07) is 34.5. The van der Waals surface area contributed by atoms with E-state index in [1.165, 1.54) is 21.5 Å². The molecular weight excluding hydrogens is 541 g/mol. The average Bonchev–Trinajstić information content (AvgIpc) is 2.92. The number of rotatable bonds is 6. The highest BCUT2D eigenvalue weighted by atomic mass is 32.2. The lowest BCUT2D eigenvalue weighted by atomic mass is 9.73. The van der Waals surface area contributed by atoms with E-state index in [0.29, 0.717) is 0 Å². The topological polar surface area (TPSA) is 38.3 Å². The van der Waals surface area contributed by atoms with Crippen molar-refractivity contribution in [1.29, 1.82) is 0 Å². The summed E-state index contributed by atoms with van der Waals surface area (Å²) in [4.78, 5) is 0. The van der Waals surface area contributed by atoms with E-state index in [0.717, 1.165) is 22.6 Å². The molecule has 1 N–H and O–H groups in total. The molecule has 0 bridgehead atoms. The Morgan fingerprint density at radius 1 is 0.707 bits per heavy atom. The van der Waals surface area contributed by atoms with E-state index in [4.69, 9.17) is 4.74 Å². The van der Waals surface area contributed by atoms with Gasteiger partial charge in [-0.05, 0) is 44.7 Å². The first-order valence-corrected chi connectivity index (χ1v) is 16.8. The predicted molar refractivity (Wildman–Crippen MR) is 177 cm³/mol. The van der Waals surface area contributed by atoms with Gasteiger partial charge in [-0.1, -0.05) is 132 Å². The van der Waals surface area contributed by atoms with E-state index in [1.54, 1.807) is 0 Å². The first-order chi connectivity index (χ1) is 19.3. The zero-order valence-electron chi connectivity index (χ0n) is 25.5. The van der Waals surface area contributed by atoms with Gasteiger partial charge < -0.3 is 4.74 Å². The quantitative estimate of drug-likeness (QED) is 0.234. The molecule has 4 aromatic carbocycles. The lowest BCUT2D eigenvalue weighted by Gasteiger charge is -2.40. The Hall–Kier alpha value is -2.78. The molecule has 3 nitrogen and oxygen atoms in total. The molecule has 1 heterocycles. The minimum absolute atomic E-state index is 0.174. The van der Waals surface area contributed by atoms with Crippen molar-refractivity contribution in [2.45, 2.75) is 71.6 Å². The molecule has 0 spiro atoms. The van der Waals surface area contributed by atoms with E-state index in [-0.39, 0.29) is 21.6 Å². The summed E-state index contributed by atoms with van der Waals surface area (Å²) in [5, 5.41) is 3.79. The maximum Gasteiger partial charge on any atom is 0.139 e. The van der Waals surface area contributed by atoms with Gasteiger partial charge in [-0.3, -0.25) is 0 Å². The summed E-state index contributed by atoms with van der Waals surface area (Å²) in [7, 11) is -2.10. The Labute approximate surface area is 250 Å². The lowest BCUT2D eigenvalue weighted by molar-refractivity contribution is 0.297. The molecule has 41 heavy (non-hydrogen) atoms. The standard InChI is InChI=1S/C36H42NO2PS/c1-34(2,3)33(37-41(38)35(4,5)6)27-21-15-22-28-31(27)39-32-29(36(28,7)8)23-16-24-30(32)40(25-17-11-9-12-18-25)26-19-13-10-14-20-26/h9-24,33,37H,1-8H3/t33-,41+/m0/s1. The number of fused-ring (bicyclic) bond motifs is 2. The van der Waals surface area contributed by atoms with Gasteiger partial charge in [0.2, 0.25) is 0 Å². The molecule has 0 amide bonds. The number of hydrogen-bond acceptors (Lipinski definition) is 2. The highest BCUT2D eigenvalue weighted by Gasteiger charge is 2.41. The Morgan fingerprint density at radius 3 is 1.73 bits per heavy atom. The molecule has 0 saturated heterocycles. The minimum atomic E-state index is -1.24. The van der Waals surface area contributed by atoms with Gasteiger partial charge in [0.1, 0.15) is 11.5 Å². The molecule has 0 radical (unpaired) electrons. The molecular formula is C36H42NO2PS. The molecule has 5 rings (SSSR count). The number of ether oxygens (including phenoxy) is 1. The predicted octanol–water partition coefficient (Wildman–Crippen LogP) is 8.02. The van der Waals surface area contributed by atoms with Crippen LogP contribution in [0.15, 0.2) is 97.1 Å². The smallest absolute Gasteiger partial charge is 0.139 e. The largest absolute Gasteiger partial charge is 0.456 e. The second-order valence-electron chi connectivity index (χ2n) is 13.4. The monoisotopic (exact) mass is 583 g/mol. The summed E-state index contributed by atoms with van der Waals surface area (Å²) in [5.74, 6) is 1.83. The van der Waals surface area contributed by atoms with Gasteiger partial charge in [0, 0.05) is 27.4 Å².